The van der Waals surface area contributed by atoms with Gasteiger partial charge in [-0.2, -0.15) is 0 Å². The van der Waals surface area contributed by atoms with E-state index in [-0.39, 0.29) is 56.4 Å². The Labute approximate surface area is 116 Å². The standard InChI is InChI=1S/C6H4ClNO3.K/c7-4-1-2-6(9)5(3-4)8(10)11;/h1-3,9H;/q;+1/p-1. The van der Waals surface area contributed by atoms with Crippen molar-refractivity contribution in [2.24, 2.45) is 0 Å². The van der Waals surface area contributed by atoms with Crippen LogP contribution in [0.4, 0.5) is 5.69 Å². The third kappa shape index (κ3) is 3.00. The average molecular weight is 212 g/mol. The summed E-state index contributed by atoms with van der Waals surface area (Å²) in [6.07, 6.45) is 0. The predicted molar refractivity (Wildman–Crippen MR) is 37.6 cm³/mol. The molecule has 0 unspecified atom stereocenters. The monoisotopic (exact) mass is 211 g/mol. The Hall–Kier alpha value is 0.346. The van der Waals surface area contributed by atoms with Crippen LogP contribution in [0.5, 0.6) is 5.75 Å². The molecule has 4 nitrogen and oxygen atoms in total. The molecule has 6 heteroatoms. The van der Waals surface area contributed by atoms with Crippen LogP contribution in [0, 0.1) is 10.1 Å². The van der Waals surface area contributed by atoms with Gasteiger partial charge in [0.25, 0.3) is 5.69 Å². The summed E-state index contributed by atoms with van der Waals surface area (Å²) in [4.78, 5) is 9.37. The van der Waals surface area contributed by atoms with E-state index in [1.54, 1.807) is 0 Å². The number of hydrogen-bond acceptors (Lipinski definition) is 3. The van der Waals surface area contributed by atoms with Gasteiger partial charge < -0.3 is 5.11 Å². The number of nitro benzene ring substituents is 1. The largest absolute Gasteiger partial charge is 1.00 e. The van der Waals surface area contributed by atoms with Gasteiger partial charge in [-0.15, -0.1) is 0 Å². The first-order valence-corrected chi connectivity index (χ1v) is 3.10. The van der Waals surface area contributed by atoms with Crippen molar-refractivity contribution in [1.29, 1.82) is 0 Å². The number of benzene rings is 1. The molecule has 0 spiro atoms. The van der Waals surface area contributed by atoms with E-state index in [0.717, 1.165) is 12.1 Å². The molecule has 1 rings (SSSR count). The van der Waals surface area contributed by atoms with E-state index < -0.39 is 16.4 Å². The predicted octanol–water partition coefficient (Wildman–Crippen LogP) is -1.67. The minimum absolute atomic E-state index is 0. The normalized spacial score (nSPS) is 8.75. The van der Waals surface area contributed by atoms with Crippen molar-refractivity contribution in [1.82, 2.24) is 0 Å². The molecular formula is C6H3ClKNO3. The van der Waals surface area contributed by atoms with Crippen LogP contribution in [0.2, 0.25) is 5.02 Å². The molecule has 0 heterocycles. The fraction of sp³-hybridized carbons (Fsp3) is 0. The fourth-order valence-electron chi connectivity index (χ4n) is 0.633. The molecule has 0 aliphatic rings. The Kier molecular flexibility index (Phi) is 5.31. The number of nitrogens with zero attached hydrogens (tertiary/aromatic N) is 1. The molecule has 58 valence electrons. The molecule has 1 aromatic rings. The van der Waals surface area contributed by atoms with Gasteiger partial charge in [0, 0.05) is 11.1 Å². The maximum atomic E-state index is 10.7. The molecule has 0 aromatic heterocycles. The van der Waals surface area contributed by atoms with E-state index >= 15 is 0 Å². The van der Waals surface area contributed by atoms with E-state index in [0.29, 0.717) is 0 Å². The zero-order chi connectivity index (χ0) is 8.43. The molecular weight excluding hydrogens is 209 g/mol. The van der Waals surface area contributed by atoms with Crippen molar-refractivity contribution in [2.75, 3.05) is 0 Å². The summed E-state index contributed by atoms with van der Waals surface area (Å²) in [5, 5.41) is 21.0. The van der Waals surface area contributed by atoms with Crippen LogP contribution in [0.15, 0.2) is 18.2 Å². The number of hydrogen-bond donors (Lipinski definition) is 0. The van der Waals surface area contributed by atoms with Crippen LogP contribution >= 0.6 is 11.6 Å². The maximum absolute atomic E-state index is 10.7. The van der Waals surface area contributed by atoms with Crippen LogP contribution in [-0.4, -0.2) is 4.92 Å². The summed E-state index contributed by atoms with van der Waals surface area (Å²) in [5.41, 5.74) is -0.488. The van der Waals surface area contributed by atoms with Gasteiger partial charge in [0.2, 0.25) is 0 Å². The molecule has 0 aliphatic carbocycles. The maximum Gasteiger partial charge on any atom is 1.00 e. The quantitative estimate of drug-likeness (QED) is 0.317. The van der Waals surface area contributed by atoms with Gasteiger partial charge in [0.15, 0.2) is 0 Å². The summed E-state index contributed by atoms with van der Waals surface area (Å²) in [5.74, 6) is -0.626. The van der Waals surface area contributed by atoms with Crippen LogP contribution in [0.3, 0.4) is 0 Å². The molecule has 0 amide bonds. The van der Waals surface area contributed by atoms with Crippen molar-refractivity contribution >= 4 is 17.3 Å². The van der Waals surface area contributed by atoms with Gasteiger partial charge in [-0.25, -0.2) is 0 Å². The molecule has 0 fully saturated rings. The first kappa shape index (κ1) is 12.3. The second kappa shape index (κ2) is 5.16. The van der Waals surface area contributed by atoms with Crippen molar-refractivity contribution < 1.29 is 61.4 Å². The molecule has 0 bridgehead atoms. The van der Waals surface area contributed by atoms with Gasteiger partial charge >= 0.3 is 51.4 Å². The number of halogens is 1. The third-order valence-electron chi connectivity index (χ3n) is 1.12. The smallest absolute Gasteiger partial charge is 0.868 e. The molecule has 0 N–H and O–H groups in total. The topological polar surface area (TPSA) is 66.2 Å². The van der Waals surface area contributed by atoms with E-state index in [2.05, 4.69) is 0 Å². The Morgan fingerprint density at radius 1 is 1.42 bits per heavy atom. The Morgan fingerprint density at radius 2 is 2.00 bits per heavy atom. The Balaban J connectivity index is 0.00000121. The van der Waals surface area contributed by atoms with Gasteiger partial charge in [-0.05, 0) is 11.8 Å². The van der Waals surface area contributed by atoms with E-state index in [4.69, 9.17) is 11.6 Å². The number of rotatable bonds is 1. The van der Waals surface area contributed by atoms with Gasteiger partial charge in [0.1, 0.15) is 0 Å². The molecule has 0 saturated carbocycles. The van der Waals surface area contributed by atoms with E-state index in [1.165, 1.54) is 6.07 Å². The summed E-state index contributed by atoms with van der Waals surface area (Å²) in [6, 6.07) is 3.42. The Morgan fingerprint density at radius 3 is 2.42 bits per heavy atom. The SMILES string of the molecule is O=[N+]([O-])c1cc(Cl)ccc1[O-].[K+]. The molecule has 0 saturated heterocycles. The van der Waals surface area contributed by atoms with E-state index in [9.17, 15) is 15.2 Å². The van der Waals surface area contributed by atoms with Gasteiger partial charge in [-0.3, -0.25) is 10.1 Å². The number of nitro groups is 1. The van der Waals surface area contributed by atoms with Crippen LogP contribution in [-0.2, 0) is 0 Å². The Bertz CT molecular complexity index is 305. The first-order valence-electron chi connectivity index (χ1n) is 2.72. The van der Waals surface area contributed by atoms with Crippen LogP contribution in [0.25, 0.3) is 0 Å². The molecule has 0 atom stereocenters. The minimum atomic E-state index is -0.756. The van der Waals surface area contributed by atoms with Gasteiger partial charge in [-0.1, -0.05) is 17.7 Å². The van der Waals surface area contributed by atoms with Crippen molar-refractivity contribution in [3.05, 3.63) is 33.3 Å². The summed E-state index contributed by atoms with van der Waals surface area (Å²) >= 11 is 5.42. The third-order valence-corrected chi connectivity index (χ3v) is 1.35. The van der Waals surface area contributed by atoms with E-state index in [1.807, 2.05) is 0 Å². The second-order valence-corrected chi connectivity index (χ2v) is 2.31. The molecule has 1 aromatic carbocycles. The molecule has 0 radical (unpaired) electrons. The van der Waals surface area contributed by atoms with Crippen molar-refractivity contribution in [3.63, 3.8) is 0 Å². The van der Waals surface area contributed by atoms with Crippen LogP contribution in [0.1, 0.15) is 0 Å². The van der Waals surface area contributed by atoms with Crippen LogP contribution < -0.4 is 56.5 Å². The summed E-state index contributed by atoms with van der Waals surface area (Å²) in [6.45, 7) is 0. The average Bonchev–Trinajstić information content (AvgIpc) is 1.94. The fourth-order valence-corrected chi connectivity index (χ4v) is 0.800. The van der Waals surface area contributed by atoms with Gasteiger partial charge in [0.05, 0.1) is 4.92 Å². The van der Waals surface area contributed by atoms with Crippen molar-refractivity contribution in [3.8, 4) is 5.75 Å². The summed E-state index contributed by atoms with van der Waals surface area (Å²) < 4.78 is 0. The summed E-state index contributed by atoms with van der Waals surface area (Å²) in [7, 11) is 0. The zero-order valence-electron chi connectivity index (χ0n) is 6.28. The molecule has 12 heavy (non-hydrogen) atoms. The first-order chi connectivity index (χ1) is 5.11. The van der Waals surface area contributed by atoms with Crippen molar-refractivity contribution in [2.45, 2.75) is 0 Å². The second-order valence-electron chi connectivity index (χ2n) is 1.87. The zero-order valence-corrected chi connectivity index (χ0v) is 10.2. The minimum Gasteiger partial charge on any atom is -0.868 e. The molecule has 0 aliphatic heterocycles.